The predicted octanol–water partition coefficient (Wildman–Crippen LogP) is 4.18. The molecule has 0 saturated heterocycles. The highest BCUT2D eigenvalue weighted by Gasteiger charge is 2.26. The van der Waals surface area contributed by atoms with Crippen LogP contribution in [0.1, 0.15) is 35.4 Å². The fourth-order valence-corrected chi connectivity index (χ4v) is 2.36. The molecule has 1 saturated carbocycles. The van der Waals surface area contributed by atoms with Crippen molar-refractivity contribution in [2.24, 2.45) is 0 Å². The van der Waals surface area contributed by atoms with Gasteiger partial charge in [0.15, 0.2) is 0 Å². The van der Waals surface area contributed by atoms with Gasteiger partial charge < -0.3 is 4.74 Å². The van der Waals surface area contributed by atoms with E-state index >= 15 is 0 Å². The molecule has 22 heavy (non-hydrogen) atoms. The van der Waals surface area contributed by atoms with Gasteiger partial charge in [0.1, 0.15) is 6.61 Å². The number of hydrogen-bond acceptors (Lipinski definition) is 3. The van der Waals surface area contributed by atoms with E-state index in [1.165, 1.54) is 0 Å². The van der Waals surface area contributed by atoms with Gasteiger partial charge in [-0.05, 0) is 42.0 Å². The van der Waals surface area contributed by atoms with Crippen LogP contribution >= 0.6 is 0 Å². The maximum atomic E-state index is 11.8. The number of rotatable bonds is 4. The standard InChI is InChI=1S/C18H16N2O2/c19-11-15-10-16(8-9-17(15)14-6-7-14)20-18(21)22-12-13-4-2-1-3-5-13/h1-5,8-10,14H,6-7,12H2,(H,20,21). The summed E-state index contributed by atoms with van der Waals surface area (Å²) in [5.74, 6) is 0.508. The van der Waals surface area contributed by atoms with Crippen molar-refractivity contribution < 1.29 is 9.53 Å². The van der Waals surface area contributed by atoms with E-state index in [0.29, 0.717) is 17.2 Å². The van der Waals surface area contributed by atoms with Gasteiger partial charge in [-0.3, -0.25) is 5.32 Å². The van der Waals surface area contributed by atoms with Gasteiger partial charge in [-0.2, -0.15) is 5.26 Å². The highest BCUT2D eigenvalue weighted by Crippen LogP contribution is 2.42. The summed E-state index contributed by atoms with van der Waals surface area (Å²) in [7, 11) is 0. The number of carbonyl (C=O) groups excluding carboxylic acids is 1. The lowest BCUT2D eigenvalue weighted by atomic mass is 10.0. The Balaban J connectivity index is 1.60. The minimum Gasteiger partial charge on any atom is -0.444 e. The van der Waals surface area contributed by atoms with E-state index < -0.39 is 6.09 Å². The summed E-state index contributed by atoms with van der Waals surface area (Å²) in [6, 6.07) is 17.1. The summed E-state index contributed by atoms with van der Waals surface area (Å²) in [6.45, 7) is 0.220. The molecule has 110 valence electrons. The van der Waals surface area contributed by atoms with Crippen LogP contribution in [-0.4, -0.2) is 6.09 Å². The quantitative estimate of drug-likeness (QED) is 0.919. The molecule has 4 heteroatoms. The number of anilines is 1. The lowest BCUT2D eigenvalue weighted by Crippen LogP contribution is -2.13. The van der Waals surface area contributed by atoms with Crippen LogP contribution in [0.4, 0.5) is 10.5 Å². The van der Waals surface area contributed by atoms with E-state index in [-0.39, 0.29) is 6.61 Å². The molecule has 0 spiro atoms. The first-order valence-electron chi connectivity index (χ1n) is 7.28. The fraction of sp³-hybridized carbons (Fsp3) is 0.222. The van der Waals surface area contributed by atoms with Gasteiger partial charge in [-0.25, -0.2) is 4.79 Å². The Hall–Kier alpha value is -2.80. The number of amides is 1. The van der Waals surface area contributed by atoms with Crippen LogP contribution in [0.15, 0.2) is 48.5 Å². The largest absolute Gasteiger partial charge is 0.444 e. The molecule has 1 amide bonds. The van der Waals surface area contributed by atoms with Crippen molar-refractivity contribution in [2.75, 3.05) is 5.32 Å². The van der Waals surface area contributed by atoms with E-state index in [2.05, 4.69) is 11.4 Å². The van der Waals surface area contributed by atoms with Crippen LogP contribution in [0, 0.1) is 11.3 Å². The molecule has 0 unspecified atom stereocenters. The minimum atomic E-state index is -0.521. The summed E-state index contributed by atoms with van der Waals surface area (Å²) in [5.41, 5.74) is 3.22. The minimum absolute atomic E-state index is 0.220. The second-order valence-electron chi connectivity index (χ2n) is 5.37. The molecule has 2 aromatic rings. The van der Waals surface area contributed by atoms with Crippen molar-refractivity contribution in [1.29, 1.82) is 5.26 Å². The van der Waals surface area contributed by atoms with Crippen LogP contribution < -0.4 is 5.32 Å². The topological polar surface area (TPSA) is 62.1 Å². The maximum absolute atomic E-state index is 11.8. The van der Waals surface area contributed by atoms with Gasteiger partial charge in [0.05, 0.1) is 11.6 Å². The number of nitrogens with zero attached hydrogens (tertiary/aromatic N) is 1. The average Bonchev–Trinajstić information content (AvgIpc) is 3.38. The first-order valence-corrected chi connectivity index (χ1v) is 7.28. The Morgan fingerprint density at radius 2 is 2.00 bits per heavy atom. The number of benzene rings is 2. The zero-order chi connectivity index (χ0) is 15.4. The smallest absolute Gasteiger partial charge is 0.411 e. The molecule has 0 heterocycles. The molecule has 0 bridgehead atoms. The Morgan fingerprint density at radius 1 is 1.23 bits per heavy atom. The van der Waals surface area contributed by atoms with Crippen molar-refractivity contribution in [3.63, 3.8) is 0 Å². The lowest BCUT2D eigenvalue weighted by molar-refractivity contribution is 0.155. The third-order valence-electron chi connectivity index (χ3n) is 3.65. The Bertz CT molecular complexity index is 716. The second kappa shape index (κ2) is 6.31. The molecule has 1 fully saturated rings. The van der Waals surface area contributed by atoms with Crippen molar-refractivity contribution in [3.05, 3.63) is 65.2 Å². The van der Waals surface area contributed by atoms with E-state index in [1.807, 2.05) is 42.5 Å². The molecule has 0 radical (unpaired) electrons. The zero-order valence-electron chi connectivity index (χ0n) is 12.1. The third kappa shape index (κ3) is 3.44. The van der Waals surface area contributed by atoms with Crippen molar-refractivity contribution in [3.8, 4) is 6.07 Å². The zero-order valence-corrected chi connectivity index (χ0v) is 12.1. The van der Waals surface area contributed by atoms with Gasteiger partial charge in [0.2, 0.25) is 0 Å². The molecule has 4 nitrogen and oxygen atoms in total. The lowest BCUT2D eigenvalue weighted by Gasteiger charge is -2.09. The van der Waals surface area contributed by atoms with E-state index in [0.717, 1.165) is 24.0 Å². The molecule has 0 aliphatic heterocycles. The van der Waals surface area contributed by atoms with E-state index in [9.17, 15) is 10.1 Å². The Morgan fingerprint density at radius 3 is 2.68 bits per heavy atom. The number of nitrogens with one attached hydrogen (secondary N) is 1. The first kappa shape index (κ1) is 14.2. The van der Waals surface area contributed by atoms with Crippen molar-refractivity contribution in [1.82, 2.24) is 0 Å². The first-order chi connectivity index (χ1) is 10.8. The SMILES string of the molecule is N#Cc1cc(NC(=O)OCc2ccccc2)ccc1C1CC1. The monoisotopic (exact) mass is 292 g/mol. The van der Waals surface area contributed by atoms with Crippen molar-refractivity contribution >= 4 is 11.8 Å². The number of ether oxygens (including phenoxy) is 1. The molecule has 2 aromatic carbocycles. The van der Waals surface area contributed by atoms with Gasteiger partial charge in [-0.15, -0.1) is 0 Å². The van der Waals surface area contributed by atoms with Gasteiger partial charge in [0, 0.05) is 5.69 Å². The molecular weight excluding hydrogens is 276 g/mol. The number of carbonyl (C=O) groups is 1. The summed E-state index contributed by atoms with van der Waals surface area (Å²) < 4.78 is 5.16. The predicted molar refractivity (Wildman–Crippen MR) is 83.4 cm³/mol. The molecule has 1 N–H and O–H groups in total. The Labute approximate surface area is 129 Å². The second-order valence-corrected chi connectivity index (χ2v) is 5.37. The van der Waals surface area contributed by atoms with E-state index in [1.54, 1.807) is 6.07 Å². The third-order valence-corrected chi connectivity index (χ3v) is 3.65. The summed E-state index contributed by atoms with van der Waals surface area (Å²) in [4.78, 5) is 11.8. The highest BCUT2D eigenvalue weighted by molar-refractivity contribution is 5.85. The number of hydrogen-bond donors (Lipinski definition) is 1. The highest BCUT2D eigenvalue weighted by atomic mass is 16.5. The Kier molecular flexibility index (Phi) is 4.06. The van der Waals surface area contributed by atoms with Crippen LogP contribution in [0.3, 0.4) is 0 Å². The summed E-state index contributed by atoms with van der Waals surface area (Å²) in [6.07, 6.45) is 1.76. The molecule has 1 aliphatic rings. The molecule has 0 aromatic heterocycles. The van der Waals surface area contributed by atoms with E-state index in [4.69, 9.17) is 4.74 Å². The normalized spacial score (nSPS) is 13.2. The van der Waals surface area contributed by atoms with Gasteiger partial charge in [0.25, 0.3) is 0 Å². The summed E-state index contributed by atoms with van der Waals surface area (Å²) in [5, 5.41) is 11.9. The van der Waals surface area contributed by atoms with Gasteiger partial charge in [-0.1, -0.05) is 36.4 Å². The molecule has 1 aliphatic carbocycles. The summed E-state index contributed by atoms with van der Waals surface area (Å²) >= 11 is 0. The average molecular weight is 292 g/mol. The maximum Gasteiger partial charge on any atom is 0.411 e. The van der Waals surface area contributed by atoms with Crippen LogP contribution in [0.5, 0.6) is 0 Å². The van der Waals surface area contributed by atoms with Crippen LogP contribution in [-0.2, 0) is 11.3 Å². The fourth-order valence-electron chi connectivity index (χ4n) is 2.36. The number of nitriles is 1. The molecular formula is C18H16N2O2. The van der Waals surface area contributed by atoms with Crippen molar-refractivity contribution in [2.45, 2.75) is 25.4 Å². The van der Waals surface area contributed by atoms with Crippen LogP contribution in [0.25, 0.3) is 0 Å². The van der Waals surface area contributed by atoms with Crippen LogP contribution in [0.2, 0.25) is 0 Å². The molecule has 3 rings (SSSR count). The molecule has 0 atom stereocenters. The van der Waals surface area contributed by atoms with Gasteiger partial charge >= 0.3 is 6.09 Å².